The van der Waals surface area contributed by atoms with E-state index < -0.39 is 5.97 Å². The summed E-state index contributed by atoms with van der Waals surface area (Å²) < 4.78 is 5.91. The number of ether oxygens (including phenoxy) is 1. The second-order valence-electron chi connectivity index (χ2n) is 7.67. The number of unbranched alkanes of at least 4 members (excludes halogenated alkanes) is 9. The van der Waals surface area contributed by atoms with Gasteiger partial charge in [0.2, 0.25) is 0 Å². The number of carbonyl (C=O) groups excluding carboxylic acids is 1. The van der Waals surface area contributed by atoms with Crippen LogP contribution in [0.15, 0.2) is 5.57 Å². The van der Waals surface area contributed by atoms with Gasteiger partial charge in [0.25, 0.3) is 0 Å². The number of rotatable bonds is 16. The van der Waals surface area contributed by atoms with Crippen molar-refractivity contribution < 1.29 is 14.0 Å². The normalized spacial score (nSPS) is 10.8. The van der Waals surface area contributed by atoms with Crippen LogP contribution in [0.3, 0.4) is 0 Å². The molecule has 0 saturated carbocycles. The lowest BCUT2D eigenvalue weighted by atomic mass is 10.1. The number of carbonyl (C=O) groups is 1. The van der Waals surface area contributed by atoms with E-state index in [0.29, 0.717) is 0 Å². The molecule has 0 fully saturated rings. The minimum Gasteiger partial charge on any atom is -0.461 e. The molecule has 0 rings (SSSR count). The molecule has 0 aromatic rings. The lowest BCUT2D eigenvalue weighted by Crippen LogP contribution is -2.41. The molecule has 26 heavy (non-hydrogen) atoms. The molecule has 148 valence electrons. The Morgan fingerprint density at radius 3 is 1.92 bits per heavy atom. The molecule has 5 nitrogen and oxygen atoms in total. The maximum Gasteiger partial charge on any atom is 0.358 e. The predicted molar refractivity (Wildman–Crippen MR) is 106 cm³/mol. The van der Waals surface area contributed by atoms with E-state index in [4.69, 9.17) is 15.4 Å². The quantitative estimate of drug-likeness (QED) is 0.108. The van der Waals surface area contributed by atoms with Crippen molar-refractivity contribution in [2.75, 3.05) is 33.8 Å². The van der Waals surface area contributed by atoms with E-state index in [0.717, 1.165) is 24.0 Å². The van der Waals surface area contributed by atoms with Crippen molar-refractivity contribution in [3.8, 4) is 6.07 Å². The molecule has 0 aliphatic rings. The van der Waals surface area contributed by atoms with Crippen molar-refractivity contribution in [2.45, 2.75) is 77.6 Å². The van der Waals surface area contributed by atoms with Crippen LogP contribution < -0.4 is 0 Å². The van der Waals surface area contributed by atoms with Crippen LogP contribution in [0.25, 0.3) is 0 Å². The second kappa shape index (κ2) is 15.6. The second-order valence-corrected chi connectivity index (χ2v) is 7.67. The Bertz CT molecular complexity index is 474. The Morgan fingerprint density at radius 1 is 0.923 bits per heavy atom. The van der Waals surface area contributed by atoms with E-state index >= 15 is 0 Å². The van der Waals surface area contributed by atoms with Gasteiger partial charge in [0.05, 0.1) is 33.8 Å². The first-order valence-corrected chi connectivity index (χ1v) is 10.2. The fourth-order valence-electron chi connectivity index (χ4n) is 2.99. The fourth-order valence-corrected chi connectivity index (χ4v) is 2.99. The zero-order chi connectivity index (χ0) is 19.7. The Morgan fingerprint density at radius 2 is 1.42 bits per heavy atom. The summed E-state index contributed by atoms with van der Waals surface area (Å²) in [6.45, 7) is 4.60. The third-order valence-corrected chi connectivity index (χ3v) is 4.70. The Hall–Kier alpha value is -1.63. The highest BCUT2D eigenvalue weighted by atomic mass is 16.5. The van der Waals surface area contributed by atoms with Crippen LogP contribution in [0.1, 0.15) is 77.6 Å². The molecule has 0 spiro atoms. The zero-order valence-corrected chi connectivity index (χ0v) is 17.1. The molecule has 5 heteroatoms. The number of hydrogen-bond acceptors (Lipinski definition) is 4. The fraction of sp³-hybridized carbons (Fsp3) is 0.810. The molecule has 1 N–H and O–H groups in total. The maximum atomic E-state index is 11.4. The third-order valence-electron chi connectivity index (χ3n) is 4.70. The van der Waals surface area contributed by atoms with Gasteiger partial charge in [-0.1, -0.05) is 58.3 Å². The van der Waals surface area contributed by atoms with Crippen molar-refractivity contribution in [3.63, 3.8) is 0 Å². The van der Waals surface area contributed by atoms with E-state index in [-0.39, 0.29) is 12.2 Å². The molecule has 0 unspecified atom stereocenters. The molecule has 0 bridgehead atoms. The Labute approximate surface area is 160 Å². The largest absolute Gasteiger partial charge is 0.461 e. The average Bonchev–Trinajstić information content (AvgIpc) is 2.61. The highest BCUT2D eigenvalue weighted by Gasteiger charge is 2.15. The first-order valence-electron chi connectivity index (χ1n) is 10.2. The molecule has 0 aliphatic carbocycles. The molecule has 0 atom stereocenters. The highest BCUT2D eigenvalue weighted by molar-refractivity contribution is 6.01. The minimum atomic E-state index is -0.748. The maximum absolute atomic E-state index is 11.4. The molecule has 0 amide bonds. The van der Waals surface area contributed by atoms with E-state index in [1.807, 2.05) is 0 Å². The summed E-state index contributed by atoms with van der Waals surface area (Å²) in [6.07, 6.45) is 14.2. The van der Waals surface area contributed by atoms with E-state index in [2.05, 4.69) is 21.0 Å². The first-order chi connectivity index (χ1) is 12.5. The lowest BCUT2D eigenvalue weighted by molar-refractivity contribution is -0.890. The molecule has 0 aliphatic heterocycles. The number of esters is 1. The van der Waals surface area contributed by atoms with Gasteiger partial charge in [0.1, 0.15) is 6.07 Å². The number of quaternary nitrogens is 1. The molecular weight excluding hydrogens is 326 g/mol. The van der Waals surface area contributed by atoms with Crippen LogP contribution in [0.2, 0.25) is 0 Å². The van der Waals surface area contributed by atoms with Crippen molar-refractivity contribution >= 4 is 11.8 Å². The van der Waals surface area contributed by atoms with Crippen LogP contribution in [0.4, 0.5) is 0 Å². The van der Waals surface area contributed by atoms with Gasteiger partial charge in [0, 0.05) is 12.3 Å². The van der Waals surface area contributed by atoms with Crippen LogP contribution in [0, 0.1) is 16.7 Å². The number of nitrogens with one attached hydrogen (secondary N) is 1. The summed E-state index contributed by atoms with van der Waals surface area (Å²) in [5.74, 6) is 1.05. The van der Waals surface area contributed by atoms with Crippen LogP contribution in [0.5, 0.6) is 0 Å². The van der Waals surface area contributed by atoms with Gasteiger partial charge in [-0.2, -0.15) is 5.26 Å². The Kier molecular flexibility index (Phi) is 14.6. The molecular formula is C21H38N3O2+. The summed E-state index contributed by atoms with van der Waals surface area (Å²) >= 11 is 0. The highest BCUT2D eigenvalue weighted by Crippen LogP contribution is 2.12. The summed E-state index contributed by atoms with van der Waals surface area (Å²) in [5, 5.41) is 15.5. The number of hydrogen-bond donors (Lipinski definition) is 1. The van der Waals surface area contributed by atoms with E-state index in [1.165, 1.54) is 64.2 Å². The standard InChI is InChI=1S/C21H38N3O2/c1-4-5-6-7-8-9-10-11-12-13-15-24(2,3)16-14-17-26-21(25)20(18-22)19-23/h22H,4-17H2,1-3H3/q+1. The van der Waals surface area contributed by atoms with Crippen LogP contribution >= 0.6 is 0 Å². The van der Waals surface area contributed by atoms with Crippen molar-refractivity contribution in [2.24, 2.45) is 0 Å². The van der Waals surface area contributed by atoms with E-state index in [1.54, 1.807) is 11.9 Å². The van der Waals surface area contributed by atoms with Crippen molar-refractivity contribution in [1.29, 1.82) is 10.7 Å². The summed E-state index contributed by atoms with van der Waals surface area (Å²) in [7, 11) is 4.40. The lowest BCUT2D eigenvalue weighted by Gasteiger charge is -2.29. The average molecular weight is 365 g/mol. The van der Waals surface area contributed by atoms with Gasteiger partial charge in [-0.25, -0.2) is 4.79 Å². The third kappa shape index (κ3) is 13.6. The van der Waals surface area contributed by atoms with Crippen molar-refractivity contribution in [1.82, 2.24) is 0 Å². The first kappa shape index (κ1) is 24.4. The van der Waals surface area contributed by atoms with E-state index in [9.17, 15) is 4.79 Å². The number of nitriles is 1. The Balaban J connectivity index is 3.63. The monoisotopic (exact) mass is 364 g/mol. The van der Waals surface area contributed by atoms with Gasteiger partial charge in [-0.15, -0.1) is 0 Å². The predicted octanol–water partition coefficient (Wildman–Crippen LogP) is 4.62. The van der Waals surface area contributed by atoms with Crippen LogP contribution in [-0.4, -0.2) is 50.1 Å². The number of nitrogens with zero attached hydrogens (tertiary/aromatic N) is 2. The minimum absolute atomic E-state index is 0.283. The molecule has 0 heterocycles. The van der Waals surface area contributed by atoms with Crippen LogP contribution in [-0.2, 0) is 9.53 Å². The van der Waals surface area contributed by atoms with Gasteiger partial charge in [-0.3, -0.25) is 5.41 Å². The zero-order valence-electron chi connectivity index (χ0n) is 17.1. The SMILES string of the molecule is CCCCCCCCCCCC[N+](C)(C)CCCOC(=O)C(=C=N)C#N. The molecule has 0 saturated heterocycles. The smallest absolute Gasteiger partial charge is 0.358 e. The molecule has 0 aromatic carbocycles. The molecule has 0 radical (unpaired) electrons. The summed E-state index contributed by atoms with van der Waals surface area (Å²) in [6, 6.07) is 1.61. The van der Waals surface area contributed by atoms with Gasteiger partial charge in [0.15, 0.2) is 5.57 Å². The summed E-state index contributed by atoms with van der Waals surface area (Å²) in [4.78, 5) is 11.4. The van der Waals surface area contributed by atoms with Gasteiger partial charge >= 0.3 is 5.97 Å². The van der Waals surface area contributed by atoms with Crippen molar-refractivity contribution in [3.05, 3.63) is 5.57 Å². The van der Waals surface area contributed by atoms with Gasteiger partial charge < -0.3 is 9.22 Å². The summed E-state index contributed by atoms with van der Waals surface area (Å²) in [5.41, 5.74) is -0.371. The molecule has 0 aromatic heterocycles. The van der Waals surface area contributed by atoms with Gasteiger partial charge in [-0.05, 0) is 12.8 Å². The topological polar surface area (TPSA) is 73.9 Å².